The highest BCUT2D eigenvalue weighted by Gasteiger charge is 2.27. The first-order valence-electron chi connectivity index (χ1n) is 4.94. The molecule has 1 aromatic rings. The molecule has 1 fully saturated rings. The Morgan fingerprint density at radius 3 is 2.80 bits per heavy atom. The minimum atomic E-state index is -0.169. The second-order valence-electron chi connectivity index (χ2n) is 3.83. The van der Waals surface area contributed by atoms with E-state index in [2.05, 4.69) is 20.7 Å². The van der Waals surface area contributed by atoms with Crippen LogP contribution in [0.3, 0.4) is 0 Å². The van der Waals surface area contributed by atoms with Gasteiger partial charge < -0.3 is 10.4 Å². The zero-order chi connectivity index (χ0) is 10.8. The summed E-state index contributed by atoms with van der Waals surface area (Å²) in [5.74, 6) is 6.39. The fourth-order valence-corrected chi connectivity index (χ4v) is 1.62. The molecule has 6 heteroatoms. The van der Waals surface area contributed by atoms with Crippen LogP contribution in [-0.4, -0.2) is 27.2 Å². The molecule has 2 rings (SSSR count). The normalized spacial score (nSPS) is 24.5. The van der Waals surface area contributed by atoms with Crippen LogP contribution in [0.2, 0.25) is 0 Å². The molecule has 1 saturated carbocycles. The minimum Gasteiger partial charge on any atom is -0.393 e. The van der Waals surface area contributed by atoms with E-state index in [-0.39, 0.29) is 6.10 Å². The summed E-state index contributed by atoms with van der Waals surface area (Å²) < 4.78 is 0. The number of aliphatic hydroxyl groups is 1. The molecule has 6 nitrogen and oxygen atoms in total. The van der Waals surface area contributed by atoms with Gasteiger partial charge in [-0.05, 0) is 19.8 Å². The second kappa shape index (κ2) is 4.00. The van der Waals surface area contributed by atoms with E-state index in [0.29, 0.717) is 12.0 Å². The zero-order valence-electron chi connectivity index (χ0n) is 8.57. The number of nitrogen functional groups attached to an aromatic ring is 1. The lowest BCUT2D eigenvalue weighted by atomic mass is 9.89. The largest absolute Gasteiger partial charge is 0.393 e. The van der Waals surface area contributed by atoms with Gasteiger partial charge >= 0.3 is 0 Å². The molecule has 0 saturated heterocycles. The van der Waals surface area contributed by atoms with Crippen LogP contribution in [0.4, 0.5) is 11.8 Å². The number of hydrazine groups is 1. The van der Waals surface area contributed by atoms with Crippen molar-refractivity contribution in [1.29, 1.82) is 0 Å². The molecule has 0 radical (unpaired) electrons. The Kier molecular flexibility index (Phi) is 2.70. The second-order valence-corrected chi connectivity index (χ2v) is 3.83. The third-order valence-corrected chi connectivity index (χ3v) is 2.45. The number of nitrogens with zero attached hydrogens (tertiary/aromatic N) is 2. The summed E-state index contributed by atoms with van der Waals surface area (Å²) in [6, 6.07) is 2.16. The number of aromatic nitrogens is 2. The van der Waals surface area contributed by atoms with E-state index in [9.17, 15) is 0 Å². The third kappa shape index (κ3) is 2.34. The van der Waals surface area contributed by atoms with E-state index in [1.54, 1.807) is 0 Å². The summed E-state index contributed by atoms with van der Waals surface area (Å²) in [5, 5.41) is 12.4. The molecule has 1 aliphatic rings. The van der Waals surface area contributed by atoms with Crippen LogP contribution >= 0.6 is 0 Å². The lowest BCUT2D eigenvalue weighted by molar-refractivity contribution is 0.0835. The van der Waals surface area contributed by atoms with Gasteiger partial charge in [0.1, 0.15) is 5.82 Å². The van der Waals surface area contributed by atoms with E-state index >= 15 is 0 Å². The molecule has 1 heterocycles. The fraction of sp³-hybridized carbons (Fsp3) is 0.556. The summed E-state index contributed by atoms with van der Waals surface area (Å²) in [6.07, 6.45) is 1.38. The highest BCUT2D eigenvalue weighted by atomic mass is 16.3. The molecule has 15 heavy (non-hydrogen) atoms. The van der Waals surface area contributed by atoms with E-state index in [0.717, 1.165) is 24.4 Å². The summed E-state index contributed by atoms with van der Waals surface area (Å²) >= 11 is 0. The molecular formula is C9H15N5O. The van der Waals surface area contributed by atoms with Gasteiger partial charge in [0, 0.05) is 17.8 Å². The molecule has 1 aliphatic carbocycles. The van der Waals surface area contributed by atoms with Crippen molar-refractivity contribution in [3.05, 3.63) is 11.8 Å². The van der Waals surface area contributed by atoms with Gasteiger partial charge in [0.2, 0.25) is 5.95 Å². The van der Waals surface area contributed by atoms with Crippen molar-refractivity contribution >= 4 is 11.8 Å². The van der Waals surface area contributed by atoms with Crippen LogP contribution in [0.1, 0.15) is 18.5 Å². The lowest BCUT2D eigenvalue weighted by Crippen LogP contribution is -2.39. The maximum Gasteiger partial charge on any atom is 0.239 e. The van der Waals surface area contributed by atoms with E-state index in [4.69, 9.17) is 10.9 Å². The van der Waals surface area contributed by atoms with Crippen molar-refractivity contribution in [2.75, 3.05) is 10.7 Å². The van der Waals surface area contributed by atoms with Crippen LogP contribution in [0.25, 0.3) is 0 Å². The number of aliphatic hydroxyl groups excluding tert-OH is 1. The topological polar surface area (TPSA) is 96.1 Å². The Hall–Kier alpha value is -1.40. The van der Waals surface area contributed by atoms with Gasteiger partial charge in [-0.3, -0.25) is 5.43 Å². The van der Waals surface area contributed by atoms with Crippen molar-refractivity contribution in [3.63, 3.8) is 0 Å². The first kappa shape index (κ1) is 10.1. The number of nitrogens with one attached hydrogen (secondary N) is 2. The van der Waals surface area contributed by atoms with Crippen LogP contribution < -0.4 is 16.6 Å². The molecule has 0 bridgehead atoms. The average molecular weight is 209 g/mol. The molecule has 0 amide bonds. The van der Waals surface area contributed by atoms with Crippen molar-refractivity contribution in [2.45, 2.75) is 31.9 Å². The average Bonchev–Trinajstić information content (AvgIpc) is 2.14. The highest BCUT2D eigenvalue weighted by molar-refractivity contribution is 5.42. The summed E-state index contributed by atoms with van der Waals surface area (Å²) in [7, 11) is 0. The highest BCUT2D eigenvalue weighted by Crippen LogP contribution is 2.23. The monoisotopic (exact) mass is 209 g/mol. The van der Waals surface area contributed by atoms with Gasteiger partial charge in [0.05, 0.1) is 6.10 Å². The molecule has 0 aromatic carbocycles. The Morgan fingerprint density at radius 1 is 1.47 bits per heavy atom. The molecule has 0 aliphatic heterocycles. The first-order chi connectivity index (χ1) is 7.17. The number of rotatable bonds is 3. The molecule has 1 aromatic heterocycles. The Balaban J connectivity index is 2.04. The molecular weight excluding hydrogens is 194 g/mol. The maximum absolute atomic E-state index is 9.15. The predicted molar refractivity (Wildman–Crippen MR) is 57.2 cm³/mol. The predicted octanol–water partition coefficient (Wildman–Crippen LogP) is 0.00582. The SMILES string of the molecule is Cc1cc(NC2CC(O)C2)nc(NN)n1. The first-order valence-corrected chi connectivity index (χ1v) is 4.94. The van der Waals surface area contributed by atoms with Crippen molar-refractivity contribution in [1.82, 2.24) is 9.97 Å². The summed E-state index contributed by atoms with van der Waals surface area (Å²) in [6.45, 7) is 1.88. The van der Waals surface area contributed by atoms with E-state index in [1.165, 1.54) is 0 Å². The molecule has 0 atom stereocenters. The standard InChI is InChI=1S/C9H15N5O/c1-5-2-8(13-9(11-5)14-10)12-6-3-7(15)4-6/h2,6-7,15H,3-4,10H2,1H3,(H2,11,12,13,14). The van der Waals surface area contributed by atoms with Gasteiger partial charge in [-0.1, -0.05) is 0 Å². The Bertz CT molecular complexity index is 350. The van der Waals surface area contributed by atoms with Crippen molar-refractivity contribution in [3.8, 4) is 0 Å². The number of anilines is 2. The van der Waals surface area contributed by atoms with Gasteiger partial charge in [-0.15, -0.1) is 0 Å². The molecule has 82 valence electrons. The fourth-order valence-electron chi connectivity index (χ4n) is 1.62. The lowest BCUT2D eigenvalue weighted by Gasteiger charge is -2.32. The van der Waals surface area contributed by atoms with Crippen molar-refractivity contribution in [2.24, 2.45) is 5.84 Å². The maximum atomic E-state index is 9.15. The molecule has 0 unspecified atom stereocenters. The smallest absolute Gasteiger partial charge is 0.239 e. The zero-order valence-corrected chi connectivity index (χ0v) is 8.57. The number of aryl methyl sites for hydroxylation is 1. The number of hydrogen-bond acceptors (Lipinski definition) is 6. The number of hydrogen-bond donors (Lipinski definition) is 4. The van der Waals surface area contributed by atoms with Crippen LogP contribution in [0.5, 0.6) is 0 Å². The van der Waals surface area contributed by atoms with Crippen molar-refractivity contribution < 1.29 is 5.11 Å². The van der Waals surface area contributed by atoms with Gasteiger partial charge in [0.15, 0.2) is 0 Å². The van der Waals surface area contributed by atoms with E-state index in [1.807, 2.05) is 13.0 Å². The number of nitrogens with two attached hydrogens (primary N) is 1. The quantitative estimate of drug-likeness (QED) is 0.413. The minimum absolute atomic E-state index is 0.169. The van der Waals surface area contributed by atoms with Crippen LogP contribution in [-0.2, 0) is 0 Å². The summed E-state index contributed by atoms with van der Waals surface area (Å²) in [5.41, 5.74) is 3.26. The van der Waals surface area contributed by atoms with Gasteiger partial charge in [-0.2, -0.15) is 4.98 Å². The molecule has 0 spiro atoms. The van der Waals surface area contributed by atoms with Gasteiger partial charge in [0.25, 0.3) is 0 Å². The van der Waals surface area contributed by atoms with Gasteiger partial charge in [-0.25, -0.2) is 10.8 Å². The van der Waals surface area contributed by atoms with Crippen LogP contribution in [0.15, 0.2) is 6.07 Å². The third-order valence-electron chi connectivity index (χ3n) is 2.45. The molecule has 5 N–H and O–H groups in total. The Morgan fingerprint density at radius 2 is 2.20 bits per heavy atom. The van der Waals surface area contributed by atoms with E-state index < -0.39 is 0 Å². The summed E-state index contributed by atoms with van der Waals surface area (Å²) in [4.78, 5) is 8.24. The Labute approximate surface area is 87.9 Å². The van der Waals surface area contributed by atoms with Crippen LogP contribution in [0, 0.1) is 6.92 Å².